The Balaban J connectivity index is 2.22. The summed E-state index contributed by atoms with van der Waals surface area (Å²) < 4.78 is -1.41. The monoisotopic (exact) mass is 305 g/mol. The van der Waals surface area contributed by atoms with Crippen LogP contribution in [-0.4, -0.2) is 27.1 Å². The predicted octanol–water partition coefficient (Wildman–Crippen LogP) is 3.45. The SMILES string of the molecule is C[C@H]1[C@@H](CCl)C(Cl)(Cl)C(=O)N1Cc1ccccc1. The summed E-state index contributed by atoms with van der Waals surface area (Å²) in [7, 11) is 0. The van der Waals surface area contributed by atoms with Gasteiger partial charge < -0.3 is 4.90 Å². The van der Waals surface area contributed by atoms with Gasteiger partial charge in [0.05, 0.1) is 0 Å². The molecule has 98 valence electrons. The molecule has 0 saturated carbocycles. The minimum atomic E-state index is -1.41. The largest absolute Gasteiger partial charge is 0.333 e. The van der Waals surface area contributed by atoms with Crippen molar-refractivity contribution in [2.45, 2.75) is 23.8 Å². The van der Waals surface area contributed by atoms with Crippen molar-refractivity contribution in [3.63, 3.8) is 0 Å². The highest BCUT2D eigenvalue weighted by molar-refractivity contribution is 6.59. The molecule has 1 aromatic rings. The molecule has 0 N–H and O–H groups in total. The topological polar surface area (TPSA) is 20.3 Å². The van der Waals surface area contributed by atoms with Crippen LogP contribution in [0, 0.1) is 5.92 Å². The molecule has 1 amide bonds. The van der Waals surface area contributed by atoms with Gasteiger partial charge in [0.2, 0.25) is 4.33 Å². The molecule has 1 aromatic carbocycles. The van der Waals surface area contributed by atoms with E-state index in [-0.39, 0.29) is 23.7 Å². The van der Waals surface area contributed by atoms with Crippen molar-refractivity contribution in [2.24, 2.45) is 5.92 Å². The number of amides is 1. The van der Waals surface area contributed by atoms with Crippen molar-refractivity contribution < 1.29 is 4.79 Å². The second-order valence-electron chi connectivity index (χ2n) is 4.54. The fraction of sp³-hybridized carbons (Fsp3) is 0.462. The van der Waals surface area contributed by atoms with Crippen LogP contribution in [0.15, 0.2) is 30.3 Å². The fourth-order valence-corrected chi connectivity index (χ4v) is 3.66. The Bertz CT molecular complexity index is 435. The first kappa shape index (κ1) is 14.0. The molecule has 1 saturated heterocycles. The molecule has 1 fully saturated rings. The van der Waals surface area contributed by atoms with Crippen LogP contribution in [0.2, 0.25) is 0 Å². The number of hydrogen-bond donors (Lipinski definition) is 0. The molecule has 0 bridgehead atoms. The number of nitrogens with zero attached hydrogens (tertiary/aromatic N) is 1. The van der Waals surface area contributed by atoms with Gasteiger partial charge in [-0.25, -0.2) is 0 Å². The number of likely N-dealkylation sites (tertiary alicyclic amines) is 1. The maximum absolute atomic E-state index is 12.2. The van der Waals surface area contributed by atoms with E-state index in [2.05, 4.69) is 0 Å². The summed E-state index contributed by atoms with van der Waals surface area (Å²) in [5, 5.41) is 0. The quantitative estimate of drug-likeness (QED) is 0.783. The zero-order chi connectivity index (χ0) is 13.3. The van der Waals surface area contributed by atoms with Crippen LogP contribution in [0.25, 0.3) is 0 Å². The Morgan fingerprint density at radius 1 is 1.28 bits per heavy atom. The third kappa shape index (κ3) is 2.34. The smallest absolute Gasteiger partial charge is 0.259 e. The molecule has 1 heterocycles. The van der Waals surface area contributed by atoms with Crippen LogP contribution in [0.1, 0.15) is 12.5 Å². The summed E-state index contributed by atoms with van der Waals surface area (Å²) >= 11 is 18.1. The van der Waals surface area contributed by atoms with Crippen molar-refractivity contribution in [1.82, 2.24) is 4.90 Å². The van der Waals surface area contributed by atoms with Gasteiger partial charge in [-0.05, 0) is 12.5 Å². The van der Waals surface area contributed by atoms with Crippen LogP contribution in [0.4, 0.5) is 0 Å². The Morgan fingerprint density at radius 3 is 2.39 bits per heavy atom. The van der Waals surface area contributed by atoms with Crippen molar-refractivity contribution in [1.29, 1.82) is 0 Å². The number of hydrogen-bond acceptors (Lipinski definition) is 1. The first-order valence-electron chi connectivity index (χ1n) is 5.77. The van der Waals surface area contributed by atoms with Gasteiger partial charge in [-0.1, -0.05) is 53.5 Å². The van der Waals surface area contributed by atoms with Gasteiger partial charge in [-0.2, -0.15) is 0 Å². The van der Waals surface area contributed by atoms with Gasteiger partial charge in [-0.15, -0.1) is 11.6 Å². The molecule has 0 aliphatic carbocycles. The van der Waals surface area contributed by atoms with Crippen LogP contribution >= 0.6 is 34.8 Å². The van der Waals surface area contributed by atoms with Gasteiger partial charge in [0.25, 0.3) is 5.91 Å². The van der Waals surface area contributed by atoms with E-state index >= 15 is 0 Å². The van der Waals surface area contributed by atoms with E-state index in [1.54, 1.807) is 4.90 Å². The second-order valence-corrected chi connectivity index (χ2v) is 6.24. The molecular formula is C13H14Cl3NO. The highest BCUT2D eigenvalue weighted by Gasteiger charge is 2.55. The van der Waals surface area contributed by atoms with Crippen molar-refractivity contribution in [3.8, 4) is 0 Å². The first-order chi connectivity index (χ1) is 8.48. The Kier molecular flexibility index (Phi) is 4.10. The zero-order valence-corrected chi connectivity index (χ0v) is 12.2. The number of halogens is 3. The molecule has 1 aliphatic heterocycles. The van der Waals surface area contributed by atoms with Crippen LogP contribution in [0.5, 0.6) is 0 Å². The molecule has 1 aliphatic rings. The normalized spacial score (nSPS) is 26.7. The van der Waals surface area contributed by atoms with Gasteiger partial charge in [0.15, 0.2) is 0 Å². The molecule has 2 rings (SSSR count). The summed E-state index contributed by atoms with van der Waals surface area (Å²) in [6, 6.07) is 9.69. The lowest BCUT2D eigenvalue weighted by Gasteiger charge is -2.23. The third-order valence-electron chi connectivity index (χ3n) is 3.45. The van der Waals surface area contributed by atoms with E-state index in [1.165, 1.54) is 0 Å². The van der Waals surface area contributed by atoms with Crippen LogP contribution in [0.3, 0.4) is 0 Å². The lowest BCUT2D eigenvalue weighted by atomic mass is 10.0. The van der Waals surface area contributed by atoms with E-state index in [0.29, 0.717) is 6.54 Å². The van der Waals surface area contributed by atoms with E-state index in [9.17, 15) is 4.79 Å². The summed E-state index contributed by atoms with van der Waals surface area (Å²) in [6.07, 6.45) is 0. The van der Waals surface area contributed by atoms with Crippen LogP contribution in [-0.2, 0) is 11.3 Å². The number of rotatable bonds is 3. The molecule has 2 nitrogen and oxygen atoms in total. The standard InChI is InChI=1S/C13H14Cl3NO/c1-9-11(7-14)13(15,16)12(18)17(9)8-10-5-3-2-4-6-10/h2-6,9,11H,7-8H2,1H3/t9-,11+/m0/s1. The molecule has 0 unspecified atom stereocenters. The van der Waals surface area contributed by atoms with E-state index in [4.69, 9.17) is 34.8 Å². The Hall–Kier alpha value is -0.440. The van der Waals surface area contributed by atoms with Crippen molar-refractivity contribution in [3.05, 3.63) is 35.9 Å². The third-order valence-corrected chi connectivity index (χ3v) is 4.66. The summed E-state index contributed by atoms with van der Waals surface area (Å²) in [5.41, 5.74) is 1.05. The van der Waals surface area contributed by atoms with Gasteiger partial charge in [0.1, 0.15) is 0 Å². The molecule has 0 spiro atoms. The first-order valence-corrected chi connectivity index (χ1v) is 7.06. The molecule has 18 heavy (non-hydrogen) atoms. The number of carbonyl (C=O) groups excluding carboxylic acids is 1. The van der Waals surface area contributed by atoms with Crippen LogP contribution < -0.4 is 0 Å². The van der Waals surface area contributed by atoms with Crippen molar-refractivity contribution in [2.75, 3.05) is 5.88 Å². The highest BCUT2D eigenvalue weighted by Crippen LogP contribution is 2.44. The molecule has 2 atom stereocenters. The van der Waals surface area contributed by atoms with Gasteiger partial charge in [0, 0.05) is 24.4 Å². The maximum atomic E-state index is 12.2. The average Bonchev–Trinajstić information content (AvgIpc) is 2.51. The zero-order valence-electron chi connectivity index (χ0n) is 9.95. The molecular weight excluding hydrogens is 293 g/mol. The summed E-state index contributed by atoms with van der Waals surface area (Å²) in [4.78, 5) is 13.9. The summed E-state index contributed by atoms with van der Waals surface area (Å²) in [6.45, 7) is 2.44. The fourth-order valence-electron chi connectivity index (χ4n) is 2.28. The van der Waals surface area contributed by atoms with Gasteiger partial charge in [-0.3, -0.25) is 4.79 Å². The average molecular weight is 307 g/mol. The second kappa shape index (κ2) is 5.28. The summed E-state index contributed by atoms with van der Waals surface area (Å²) in [5.74, 6) is -0.239. The molecule has 0 aromatic heterocycles. The van der Waals surface area contributed by atoms with Crippen molar-refractivity contribution >= 4 is 40.7 Å². The Labute approximate surface area is 122 Å². The number of alkyl halides is 3. The van der Waals surface area contributed by atoms with E-state index in [0.717, 1.165) is 5.56 Å². The molecule has 5 heteroatoms. The maximum Gasteiger partial charge on any atom is 0.259 e. The van der Waals surface area contributed by atoms with E-state index < -0.39 is 4.33 Å². The lowest BCUT2D eigenvalue weighted by Crippen LogP contribution is -2.34. The minimum absolute atomic E-state index is 0.0646. The minimum Gasteiger partial charge on any atom is -0.333 e. The molecule has 0 radical (unpaired) electrons. The lowest BCUT2D eigenvalue weighted by molar-refractivity contribution is -0.129. The highest BCUT2D eigenvalue weighted by atomic mass is 35.5. The number of benzene rings is 1. The van der Waals surface area contributed by atoms with E-state index in [1.807, 2.05) is 37.3 Å². The predicted molar refractivity (Wildman–Crippen MR) is 75.1 cm³/mol. The van der Waals surface area contributed by atoms with Gasteiger partial charge >= 0.3 is 0 Å². The Morgan fingerprint density at radius 2 is 1.89 bits per heavy atom. The number of carbonyl (C=O) groups is 1.